The van der Waals surface area contributed by atoms with Crippen molar-refractivity contribution in [1.82, 2.24) is 0 Å². The molecule has 9 heteroatoms. The van der Waals surface area contributed by atoms with Crippen LogP contribution in [0.1, 0.15) is 17.4 Å². The normalized spacial score (nSPS) is 13.0. The second-order valence-electron chi connectivity index (χ2n) is 7.08. The molecule has 1 aliphatic heterocycles. The lowest BCUT2D eigenvalue weighted by atomic mass is 10.2. The van der Waals surface area contributed by atoms with E-state index in [0.29, 0.717) is 41.7 Å². The number of aryl methyl sites for hydroxylation is 1. The second-order valence-corrected chi connectivity index (χ2v) is 9.94. The largest absolute Gasteiger partial charge is 0.486 e. The Hall–Kier alpha value is -3.04. The van der Waals surface area contributed by atoms with Gasteiger partial charge in [-0.25, -0.2) is 8.42 Å². The minimum absolute atomic E-state index is 0.130. The molecule has 0 saturated carbocycles. The highest BCUT2D eigenvalue weighted by atomic mass is 32.2. The molecular formula is C22H22N2O5S2. The molecule has 0 spiro atoms. The van der Waals surface area contributed by atoms with E-state index in [0.717, 1.165) is 4.88 Å². The van der Waals surface area contributed by atoms with E-state index in [4.69, 9.17) is 9.47 Å². The topological polar surface area (TPSA) is 84.9 Å². The third-order valence-electron chi connectivity index (χ3n) is 4.77. The zero-order valence-corrected chi connectivity index (χ0v) is 18.8. The van der Waals surface area contributed by atoms with Crippen molar-refractivity contribution >= 4 is 38.6 Å². The van der Waals surface area contributed by atoms with Crippen LogP contribution in [0, 0.1) is 6.92 Å². The van der Waals surface area contributed by atoms with Crippen molar-refractivity contribution in [2.24, 2.45) is 0 Å². The quantitative estimate of drug-likeness (QED) is 0.599. The number of rotatable bonds is 6. The lowest BCUT2D eigenvalue weighted by Gasteiger charge is -2.27. The average Bonchev–Trinajstić information content (AvgIpc) is 3.26. The number of nitrogens with zero attached hydrogens (tertiary/aromatic N) is 1. The molecule has 1 aromatic heterocycles. The van der Waals surface area contributed by atoms with Crippen LogP contribution in [0.3, 0.4) is 0 Å². The number of carbonyl (C=O) groups excluding carboxylic acids is 1. The number of ether oxygens (including phenoxy) is 2. The van der Waals surface area contributed by atoms with Gasteiger partial charge in [-0.2, -0.15) is 0 Å². The summed E-state index contributed by atoms with van der Waals surface area (Å²) in [5.41, 5.74) is 1.49. The van der Waals surface area contributed by atoms with Crippen molar-refractivity contribution in [3.05, 3.63) is 64.4 Å². The summed E-state index contributed by atoms with van der Waals surface area (Å²) < 4.78 is 40.3. The first-order valence-corrected chi connectivity index (χ1v) is 12.0. The van der Waals surface area contributed by atoms with Gasteiger partial charge in [-0.15, -0.1) is 11.3 Å². The number of carbonyl (C=O) groups is 1. The molecule has 162 valence electrons. The predicted molar refractivity (Wildman–Crippen MR) is 121 cm³/mol. The molecule has 7 nitrogen and oxygen atoms in total. The van der Waals surface area contributed by atoms with Gasteiger partial charge in [0.1, 0.15) is 13.2 Å². The van der Waals surface area contributed by atoms with Gasteiger partial charge in [-0.1, -0.05) is 12.1 Å². The van der Waals surface area contributed by atoms with Crippen molar-refractivity contribution in [3.63, 3.8) is 0 Å². The Bertz CT molecular complexity index is 1210. The zero-order valence-electron chi connectivity index (χ0n) is 17.1. The fourth-order valence-electron chi connectivity index (χ4n) is 3.32. The Morgan fingerprint density at radius 1 is 1.10 bits per heavy atom. The summed E-state index contributed by atoms with van der Waals surface area (Å²) >= 11 is 1.48. The molecule has 0 fully saturated rings. The van der Waals surface area contributed by atoms with Crippen molar-refractivity contribution in [1.29, 1.82) is 0 Å². The molecule has 0 radical (unpaired) electrons. The maximum absolute atomic E-state index is 13.8. The molecular weight excluding hydrogens is 436 g/mol. The molecule has 1 amide bonds. The lowest BCUT2D eigenvalue weighted by Crippen LogP contribution is -2.31. The number of hydrogen-bond donors (Lipinski definition) is 1. The number of amides is 1. The molecule has 31 heavy (non-hydrogen) atoms. The van der Waals surface area contributed by atoms with Gasteiger partial charge in [0.25, 0.3) is 10.0 Å². The van der Waals surface area contributed by atoms with E-state index in [1.54, 1.807) is 37.3 Å². The van der Waals surface area contributed by atoms with E-state index in [9.17, 15) is 13.2 Å². The van der Waals surface area contributed by atoms with Gasteiger partial charge >= 0.3 is 0 Å². The summed E-state index contributed by atoms with van der Waals surface area (Å²) in [5, 5.41) is 4.56. The van der Waals surface area contributed by atoms with Gasteiger partial charge in [0.2, 0.25) is 5.91 Å². The SMILES string of the molecule is CC(=O)Nc1ccc(C)c(S(=O)(=O)N(Cc2cccs2)c2ccc3c(c2)OCCO3)c1. The van der Waals surface area contributed by atoms with E-state index in [2.05, 4.69) is 5.32 Å². The molecule has 4 rings (SSSR count). The van der Waals surface area contributed by atoms with E-state index in [1.165, 1.54) is 28.6 Å². The van der Waals surface area contributed by atoms with Gasteiger partial charge in [0.15, 0.2) is 11.5 Å². The number of sulfonamides is 1. The smallest absolute Gasteiger partial charge is 0.264 e. The third-order valence-corrected chi connectivity index (χ3v) is 7.55. The molecule has 0 atom stereocenters. The Morgan fingerprint density at radius 3 is 2.58 bits per heavy atom. The first-order valence-electron chi connectivity index (χ1n) is 9.67. The Balaban J connectivity index is 1.80. The first kappa shape index (κ1) is 21.2. The van der Waals surface area contributed by atoms with Crippen LogP contribution >= 0.6 is 11.3 Å². The molecule has 0 bridgehead atoms. The van der Waals surface area contributed by atoms with Crippen molar-refractivity contribution in [2.45, 2.75) is 25.3 Å². The van der Waals surface area contributed by atoms with Crippen LogP contribution in [0.5, 0.6) is 11.5 Å². The molecule has 2 aromatic carbocycles. The number of anilines is 2. The average molecular weight is 459 g/mol. The third kappa shape index (κ3) is 4.52. The molecule has 2 heterocycles. The summed E-state index contributed by atoms with van der Waals surface area (Å²) in [6, 6.07) is 13.8. The fraction of sp³-hybridized carbons (Fsp3) is 0.227. The Labute approximate surface area is 185 Å². The highest BCUT2D eigenvalue weighted by Crippen LogP contribution is 2.37. The summed E-state index contributed by atoms with van der Waals surface area (Å²) in [7, 11) is -3.95. The van der Waals surface area contributed by atoms with E-state index in [-0.39, 0.29) is 17.3 Å². The maximum atomic E-state index is 13.8. The van der Waals surface area contributed by atoms with Gasteiger partial charge in [-0.05, 0) is 48.2 Å². The molecule has 0 saturated heterocycles. The molecule has 1 aliphatic rings. The highest BCUT2D eigenvalue weighted by Gasteiger charge is 2.29. The van der Waals surface area contributed by atoms with Crippen molar-refractivity contribution in [2.75, 3.05) is 22.8 Å². The molecule has 0 unspecified atom stereocenters. The fourth-order valence-corrected chi connectivity index (χ4v) is 5.79. The van der Waals surface area contributed by atoms with Crippen molar-refractivity contribution < 1.29 is 22.7 Å². The summed E-state index contributed by atoms with van der Waals surface area (Å²) in [6.45, 7) is 4.15. The molecule has 1 N–H and O–H groups in total. The van der Waals surface area contributed by atoms with Crippen LogP contribution < -0.4 is 19.1 Å². The van der Waals surface area contributed by atoms with Crippen LogP contribution in [0.25, 0.3) is 0 Å². The standard InChI is InChI=1S/C22H22N2O5S2/c1-15-5-6-17(23-16(2)25)12-22(15)31(26,27)24(14-19-4-3-11-30-19)18-7-8-20-21(13-18)29-10-9-28-20/h3-8,11-13H,9-10,14H2,1-2H3,(H,23,25). The molecule has 0 aliphatic carbocycles. The Morgan fingerprint density at radius 2 is 1.87 bits per heavy atom. The van der Waals surface area contributed by atoms with Crippen LogP contribution in [-0.4, -0.2) is 27.5 Å². The monoisotopic (exact) mass is 458 g/mol. The first-order chi connectivity index (χ1) is 14.8. The minimum atomic E-state index is -3.95. The highest BCUT2D eigenvalue weighted by molar-refractivity contribution is 7.92. The summed E-state index contributed by atoms with van der Waals surface area (Å²) in [5.74, 6) is 0.834. The van der Waals surface area contributed by atoms with Crippen LogP contribution in [0.4, 0.5) is 11.4 Å². The minimum Gasteiger partial charge on any atom is -0.486 e. The van der Waals surface area contributed by atoms with Gasteiger partial charge in [-0.3, -0.25) is 9.10 Å². The zero-order chi connectivity index (χ0) is 22.0. The van der Waals surface area contributed by atoms with Gasteiger partial charge < -0.3 is 14.8 Å². The number of thiophene rings is 1. The van der Waals surface area contributed by atoms with Crippen LogP contribution in [-0.2, 0) is 21.4 Å². The van der Waals surface area contributed by atoms with Crippen molar-refractivity contribution in [3.8, 4) is 11.5 Å². The van der Waals surface area contributed by atoms with E-state index < -0.39 is 10.0 Å². The van der Waals surface area contributed by atoms with Gasteiger partial charge in [0, 0.05) is 23.6 Å². The van der Waals surface area contributed by atoms with Crippen LogP contribution in [0.2, 0.25) is 0 Å². The molecule has 3 aromatic rings. The maximum Gasteiger partial charge on any atom is 0.264 e. The summed E-state index contributed by atoms with van der Waals surface area (Å²) in [6.07, 6.45) is 0. The number of fused-ring (bicyclic) bond motifs is 1. The van der Waals surface area contributed by atoms with E-state index in [1.807, 2.05) is 17.5 Å². The van der Waals surface area contributed by atoms with Crippen LogP contribution in [0.15, 0.2) is 58.8 Å². The summed E-state index contributed by atoms with van der Waals surface area (Å²) in [4.78, 5) is 12.5. The Kier molecular flexibility index (Phi) is 5.88. The number of hydrogen-bond acceptors (Lipinski definition) is 6. The van der Waals surface area contributed by atoms with Gasteiger partial charge in [0.05, 0.1) is 17.1 Å². The van der Waals surface area contributed by atoms with E-state index >= 15 is 0 Å². The number of nitrogens with one attached hydrogen (secondary N) is 1. The lowest BCUT2D eigenvalue weighted by molar-refractivity contribution is -0.114. The number of benzene rings is 2. The second kappa shape index (κ2) is 8.60. The predicted octanol–water partition coefficient (Wildman–Crippen LogP) is 4.18.